The molecule has 1 aliphatic heterocycles. The number of nitrogens with two attached hydrogens (primary N) is 1. The van der Waals surface area contributed by atoms with Gasteiger partial charge in [-0.25, -0.2) is 15.0 Å². The molecule has 0 saturated carbocycles. The molecular formula is C19H30F2N5O9P. The summed E-state index contributed by atoms with van der Waals surface area (Å²) in [6.45, 7) is 4.87. The number of aliphatic hydroxyl groups is 1. The molecule has 0 unspecified atom stereocenters. The average molecular weight is 541 g/mol. The summed E-state index contributed by atoms with van der Waals surface area (Å²) in [5, 5.41) is 14.9. The minimum Gasteiger partial charge on any atom is -0.465 e. The van der Waals surface area contributed by atoms with Crippen molar-refractivity contribution < 1.29 is 46.8 Å². The first kappa shape index (κ1) is 29.7. The number of aliphatic hydroxyl groups excluding tert-OH is 1. The van der Waals surface area contributed by atoms with Gasteiger partial charge in [0.05, 0.1) is 19.8 Å². The number of nitrogens with one attached hydrogen (secondary N) is 2. The fourth-order valence-corrected chi connectivity index (χ4v) is 4.96. The Morgan fingerprint density at radius 3 is 2.25 bits per heavy atom. The van der Waals surface area contributed by atoms with Gasteiger partial charge in [0.1, 0.15) is 24.0 Å². The molecule has 204 valence electrons. The molecule has 0 radical (unpaired) electrons. The van der Waals surface area contributed by atoms with Crippen molar-refractivity contribution in [2.24, 2.45) is 0 Å². The van der Waals surface area contributed by atoms with Gasteiger partial charge in [0, 0.05) is 6.20 Å². The van der Waals surface area contributed by atoms with Crippen LogP contribution >= 0.6 is 7.67 Å². The number of ether oxygens (including phenoxy) is 3. The van der Waals surface area contributed by atoms with E-state index in [1.54, 1.807) is 13.8 Å². The van der Waals surface area contributed by atoms with Crippen LogP contribution in [-0.2, 0) is 32.9 Å². The zero-order valence-corrected chi connectivity index (χ0v) is 20.9. The first-order valence-electron chi connectivity index (χ1n) is 10.9. The third-order valence-electron chi connectivity index (χ3n) is 4.91. The molecule has 0 aliphatic carbocycles. The van der Waals surface area contributed by atoms with E-state index in [0.717, 1.165) is 12.3 Å². The van der Waals surface area contributed by atoms with Crippen LogP contribution in [0.3, 0.4) is 0 Å². The van der Waals surface area contributed by atoms with Crippen molar-refractivity contribution in [1.29, 1.82) is 0 Å². The van der Waals surface area contributed by atoms with Crippen LogP contribution in [0.25, 0.3) is 0 Å². The smallest absolute Gasteiger partial charge is 0.351 e. The van der Waals surface area contributed by atoms with Gasteiger partial charge in [0.15, 0.2) is 6.10 Å². The molecule has 0 aromatic carbocycles. The number of carbonyl (C=O) groups excluding carboxylic acids is 2. The van der Waals surface area contributed by atoms with Crippen molar-refractivity contribution in [3.8, 4) is 0 Å². The highest BCUT2D eigenvalue weighted by molar-refractivity contribution is 7.54. The van der Waals surface area contributed by atoms with E-state index >= 15 is 0 Å². The molecule has 17 heteroatoms. The maximum atomic E-state index is 14.8. The minimum atomic E-state index is -4.35. The molecule has 1 fully saturated rings. The summed E-state index contributed by atoms with van der Waals surface area (Å²) in [6, 6.07) is -1.33. The molecule has 36 heavy (non-hydrogen) atoms. The van der Waals surface area contributed by atoms with Crippen LogP contribution in [0.2, 0.25) is 0 Å². The summed E-state index contributed by atoms with van der Waals surface area (Å²) in [6.07, 6.45) is -5.60. The summed E-state index contributed by atoms with van der Waals surface area (Å²) in [5.74, 6) is -5.78. The van der Waals surface area contributed by atoms with Crippen molar-refractivity contribution in [3.63, 3.8) is 0 Å². The van der Waals surface area contributed by atoms with E-state index in [9.17, 15) is 32.8 Å². The fourth-order valence-electron chi connectivity index (χ4n) is 3.15. The molecule has 2 heterocycles. The van der Waals surface area contributed by atoms with E-state index in [-0.39, 0.29) is 19.0 Å². The lowest BCUT2D eigenvalue weighted by molar-refractivity contribution is -0.145. The quantitative estimate of drug-likeness (QED) is 0.203. The molecule has 5 N–H and O–H groups in total. The molecule has 1 aliphatic rings. The number of alkyl halides is 2. The second kappa shape index (κ2) is 12.2. The van der Waals surface area contributed by atoms with Gasteiger partial charge < -0.3 is 29.6 Å². The number of hydrogen-bond acceptors (Lipinski definition) is 11. The number of carbonyl (C=O) groups is 2. The summed E-state index contributed by atoms with van der Waals surface area (Å²) in [7, 11) is -4.35. The molecule has 0 bridgehead atoms. The minimum absolute atomic E-state index is 0.0284. The monoisotopic (exact) mass is 541 g/mol. The van der Waals surface area contributed by atoms with Gasteiger partial charge in [0.2, 0.25) is 6.23 Å². The lowest BCUT2D eigenvalue weighted by atomic mass is 10.1. The summed E-state index contributed by atoms with van der Waals surface area (Å²) in [4.78, 5) is 39.4. The zero-order valence-electron chi connectivity index (χ0n) is 20.1. The van der Waals surface area contributed by atoms with Crippen LogP contribution in [-0.4, -0.2) is 76.6 Å². The predicted molar refractivity (Wildman–Crippen MR) is 120 cm³/mol. The Morgan fingerprint density at radius 2 is 1.78 bits per heavy atom. The van der Waals surface area contributed by atoms with Crippen molar-refractivity contribution in [2.75, 3.05) is 25.6 Å². The Balaban J connectivity index is 2.23. The highest BCUT2D eigenvalue weighted by Gasteiger charge is 2.60. The number of esters is 2. The first-order valence-corrected chi connectivity index (χ1v) is 12.6. The zero-order chi connectivity index (χ0) is 27.3. The van der Waals surface area contributed by atoms with Crippen LogP contribution < -0.4 is 21.6 Å². The van der Waals surface area contributed by atoms with Gasteiger partial charge in [-0.05, 0) is 33.8 Å². The third-order valence-corrected chi connectivity index (χ3v) is 6.88. The second-order valence-corrected chi connectivity index (χ2v) is 9.62. The molecular weight excluding hydrogens is 511 g/mol. The second-order valence-electron chi connectivity index (χ2n) is 7.74. The van der Waals surface area contributed by atoms with E-state index in [2.05, 4.69) is 15.2 Å². The van der Waals surface area contributed by atoms with E-state index in [1.165, 1.54) is 13.8 Å². The highest BCUT2D eigenvalue weighted by atomic mass is 31.2. The SMILES string of the molecule is CCOC(=O)[C@H](C)NP(=O)(N[C@@H](C)C(=O)OCC)OC[C@H]1O[C@@H](n2ccc(N)nc2=O)C(F)(F)[C@@H]1O. The van der Waals surface area contributed by atoms with Crippen molar-refractivity contribution >= 4 is 25.4 Å². The Kier molecular flexibility index (Phi) is 10.0. The van der Waals surface area contributed by atoms with Crippen LogP contribution in [0, 0.1) is 0 Å². The number of halogens is 2. The van der Waals surface area contributed by atoms with Gasteiger partial charge in [-0.3, -0.25) is 18.7 Å². The molecule has 2 rings (SSSR count). The predicted octanol–water partition coefficient (Wildman–Crippen LogP) is -0.0738. The Morgan fingerprint density at radius 1 is 1.25 bits per heavy atom. The fraction of sp³-hybridized carbons (Fsp3) is 0.684. The van der Waals surface area contributed by atoms with Crippen LogP contribution in [0.4, 0.5) is 14.6 Å². The lowest BCUT2D eigenvalue weighted by Gasteiger charge is -2.27. The van der Waals surface area contributed by atoms with Gasteiger partial charge in [-0.2, -0.15) is 13.8 Å². The van der Waals surface area contributed by atoms with Crippen LogP contribution in [0.15, 0.2) is 17.1 Å². The van der Waals surface area contributed by atoms with Gasteiger partial charge >= 0.3 is 31.2 Å². The van der Waals surface area contributed by atoms with Crippen molar-refractivity contribution in [2.45, 2.75) is 64.1 Å². The van der Waals surface area contributed by atoms with E-state index < -0.39 is 68.3 Å². The number of anilines is 1. The Labute approximate surface area is 205 Å². The van der Waals surface area contributed by atoms with Crippen molar-refractivity contribution in [3.05, 3.63) is 22.7 Å². The molecule has 1 aromatic heterocycles. The van der Waals surface area contributed by atoms with E-state index in [0.29, 0.717) is 4.57 Å². The van der Waals surface area contributed by atoms with Crippen LogP contribution in [0.5, 0.6) is 0 Å². The lowest BCUT2D eigenvalue weighted by Crippen LogP contribution is -2.44. The van der Waals surface area contributed by atoms with E-state index in [4.69, 9.17) is 24.5 Å². The summed E-state index contributed by atoms with van der Waals surface area (Å²) in [5.41, 5.74) is 4.23. The van der Waals surface area contributed by atoms with Crippen LogP contribution in [0.1, 0.15) is 33.9 Å². The Bertz CT molecular complexity index is 1010. The van der Waals surface area contributed by atoms with E-state index in [1.807, 2.05) is 0 Å². The molecule has 1 saturated heterocycles. The molecule has 14 nitrogen and oxygen atoms in total. The summed E-state index contributed by atoms with van der Waals surface area (Å²) < 4.78 is 63.6. The normalized spacial score (nSPS) is 23.1. The maximum Gasteiger partial charge on any atom is 0.351 e. The molecule has 5 atom stereocenters. The van der Waals surface area contributed by atoms with Gasteiger partial charge in [-0.15, -0.1) is 0 Å². The summed E-state index contributed by atoms with van der Waals surface area (Å²) >= 11 is 0. The van der Waals surface area contributed by atoms with Gasteiger partial charge in [-0.1, -0.05) is 0 Å². The topological polar surface area (TPSA) is 193 Å². The van der Waals surface area contributed by atoms with Gasteiger partial charge in [0.25, 0.3) is 0 Å². The molecule has 0 spiro atoms. The highest BCUT2D eigenvalue weighted by Crippen LogP contribution is 2.45. The molecule has 1 aromatic rings. The number of nitrogen functional groups attached to an aromatic ring is 1. The maximum absolute atomic E-state index is 14.8. The van der Waals surface area contributed by atoms with Crippen molar-refractivity contribution in [1.82, 2.24) is 19.7 Å². The molecule has 0 amide bonds. The first-order chi connectivity index (χ1) is 16.8. The number of rotatable bonds is 12. The largest absolute Gasteiger partial charge is 0.465 e. The third kappa shape index (κ3) is 7.05. The number of nitrogens with zero attached hydrogens (tertiary/aromatic N) is 2. The Hall–Kier alpha value is -2.49. The standard InChI is InChI=1S/C19H30F2N5O9P/c1-5-32-15(28)10(3)24-36(31,25-11(4)16(29)33-6-2)34-9-12-14(27)19(20,21)17(35-12)26-8-7-13(22)23-18(26)30/h7-8,10-12,14,17,27H,5-6,9H2,1-4H3,(H2,22,23,30)(H2,24,25,31)/t10-,11-,12+,14+,17+/m0/s1. The average Bonchev–Trinajstić information content (AvgIpc) is 3.01. The number of hydrogen-bond donors (Lipinski definition) is 4. The number of aromatic nitrogens is 2.